The number of amides is 1. The third-order valence-electron chi connectivity index (χ3n) is 6.93. The summed E-state index contributed by atoms with van der Waals surface area (Å²) in [5, 5.41) is 2.82. The van der Waals surface area contributed by atoms with Gasteiger partial charge in [-0.3, -0.25) is 9.52 Å². The van der Waals surface area contributed by atoms with Crippen LogP contribution in [0.5, 0.6) is 0 Å². The van der Waals surface area contributed by atoms with Crippen molar-refractivity contribution in [1.29, 1.82) is 0 Å². The molecule has 8 nitrogen and oxygen atoms in total. The Hall–Kier alpha value is -3.21. The van der Waals surface area contributed by atoms with Crippen molar-refractivity contribution in [3.05, 3.63) is 89.5 Å². The number of anilines is 2. The molecule has 1 unspecified atom stereocenters. The molecule has 3 aromatic rings. The summed E-state index contributed by atoms with van der Waals surface area (Å²) < 4.78 is 55.7. The normalized spacial score (nSPS) is 16.5. The van der Waals surface area contributed by atoms with Crippen LogP contribution in [0.4, 0.5) is 11.4 Å². The largest absolute Gasteiger partial charge is 0.326 e. The molecule has 1 fully saturated rings. The predicted molar refractivity (Wildman–Crippen MR) is 155 cm³/mol. The summed E-state index contributed by atoms with van der Waals surface area (Å²) in [4.78, 5) is 13.0. The Labute approximate surface area is 231 Å². The number of carbonyl (C=O) groups excluding carboxylic acids is 1. The number of aryl methyl sites for hydroxylation is 3. The van der Waals surface area contributed by atoms with E-state index in [9.17, 15) is 21.6 Å². The van der Waals surface area contributed by atoms with E-state index in [4.69, 9.17) is 0 Å². The molecule has 0 aromatic heterocycles. The number of carbonyl (C=O) groups is 1. The van der Waals surface area contributed by atoms with Crippen molar-refractivity contribution in [3.8, 4) is 0 Å². The highest BCUT2D eigenvalue weighted by Gasteiger charge is 2.32. The molecule has 3 aromatic carbocycles. The second kappa shape index (κ2) is 12.3. The molecule has 39 heavy (non-hydrogen) atoms. The van der Waals surface area contributed by atoms with Gasteiger partial charge in [0.25, 0.3) is 10.0 Å². The fraction of sp³-hybridized carbons (Fsp3) is 0.345. The van der Waals surface area contributed by atoms with Gasteiger partial charge in [-0.2, -0.15) is 0 Å². The smallest absolute Gasteiger partial charge is 0.261 e. The highest BCUT2D eigenvalue weighted by atomic mass is 32.2. The molecule has 208 valence electrons. The van der Waals surface area contributed by atoms with E-state index in [1.54, 1.807) is 6.07 Å². The third-order valence-corrected chi connectivity index (χ3v) is 10.2. The first-order chi connectivity index (χ1) is 18.5. The van der Waals surface area contributed by atoms with Crippen molar-refractivity contribution in [2.45, 2.75) is 44.4 Å². The molecule has 0 aliphatic carbocycles. The van der Waals surface area contributed by atoms with E-state index in [0.29, 0.717) is 43.6 Å². The minimum absolute atomic E-state index is 0.0439. The summed E-state index contributed by atoms with van der Waals surface area (Å²) >= 11 is 0. The molecular formula is C29H35N3O5S2. The topological polar surface area (TPSA) is 113 Å². The zero-order chi connectivity index (χ0) is 28.0. The van der Waals surface area contributed by atoms with Gasteiger partial charge in [-0.05, 0) is 86.6 Å². The first kappa shape index (κ1) is 28.8. The number of hydrogen-bond acceptors (Lipinski definition) is 5. The van der Waals surface area contributed by atoms with E-state index in [1.807, 2.05) is 56.3 Å². The Morgan fingerprint density at radius 1 is 0.949 bits per heavy atom. The lowest BCUT2D eigenvalue weighted by atomic mass is 9.99. The molecule has 2 N–H and O–H groups in total. The molecule has 1 aliphatic heterocycles. The van der Waals surface area contributed by atoms with Gasteiger partial charge in [0.15, 0.2) is 0 Å². The van der Waals surface area contributed by atoms with Crippen LogP contribution in [-0.4, -0.2) is 45.9 Å². The average molecular weight is 570 g/mol. The van der Waals surface area contributed by atoms with Gasteiger partial charge in [0.1, 0.15) is 0 Å². The van der Waals surface area contributed by atoms with Crippen LogP contribution in [0, 0.1) is 19.8 Å². The summed E-state index contributed by atoms with van der Waals surface area (Å²) in [6, 6.07) is 21.3. The first-order valence-electron chi connectivity index (χ1n) is 13.1. The summed E-state index contributed by atoms with van der Waals surface area (Å²) in [6.45, 7) is 4.28. The minimum Gasteiger partial charge on any atom is -0.326 e. The Morgan fingerprint density at radius 2 is 1.67 bits per heavy atom. The van der Waals surface area contributed by atoms with Crippen LogP contribution in [-0.2, 0) is 31.3 Å². The number of piperidine rings is 1. The van der Waals surface area contributed by atoms with Gasteiger partial charge >= 0.3 is 0 Å². The maximum Gasteiger partial charge on any atom is 0.261 e. The second-order valence-electron chi connectivity index (χ2n) is 10.0. The van der Waals surface area contributed by atoms with Crippen LogP contribution in [0.25, 0.3) is 0 Å². The molecule has 10 heteroatoms. The zero-order valence-electron chi connectivity index (χ0n) is 22.3. The highest BCUT2D eigenvalue weighted by molar-refractivity contribution is 7.92. The van der Waals surface area contributed by atoms with E-state index in [-0.39, 0.29) is 23.1 Å². The zero-order valence-corrected chi connectivity index (χ0v) is 23.9. The SMILES string of the molecule is Cc1ccc(C)c(NS(=O)(=O)c2ccc(NC(=O)C3CCCN(S(=O)(=O)CCCc4ccccc4)C3)cc2)c1. The number of rotatable bonds is 10. The summed E-state index contributed by atoms with van der Waals surface area (Å²) in [6.07, 6.45) is 2.41. The number of nitrogens with one attached hydrogen (secondary N) is 2. The molecule has 0 spiro atoms. The lowest BCUT2D eigenvalue weighted by molar-refractivity contribution is -0.120. The molecule has 0 radical (unpaired) electrons. The Morgan fingerprint density at radius 3 is 2.38 bits per heavy atom. The molecule has 1 amide bonds. The minimum atomic E-state index is -3.80. The monoisotopic (exact) mass is 569 g/mol. The van der Waals surface area contributed by atoms with Gasteiger partial charge in [0.05, 0.1) is 22.3 Å². The number of nitrogens with zero attached hydrogens (tertiary/aromatic N) is 1. The van der Waals surface area contributed by atoms with E-state index in [0.717, 1.165) is 16.7 Å². The van der Waals surface area contributed by atoms with Gasteiger partial charge in [0.2, 0.25) is 15.9 Å². The van der Waals surface area contributed by atoms with Gasteiger partial charge < -0.3 is 5.32 Å². The van der Waals surface area contributed by atoms with Crippen molar-refractivity contribution < 1.29 is 21.6 Å². The highest BCUT2D eigenvalue weighted by Crippen LogP contribution is 2.24. The van der Waals surface area contributed by atoms with Crippen molar-refractivity contribution >= 4 is 37.3 Å². The van der Waals surface area contributed by atoms with Gasteiger partial charge in [-0.15, -0.1) is 0 Å². The molecule has 0 bridgehead atoms. The molecular weight excluding hydrogens is 534 g/mol. The van der Waals surface area contributed by atoms with Crippen LogP contribution in [0.15, 0.2) is 77.7 Å². The second-order valence-corrected chi connectivity index (χ2v) is 13.8. The first-order valence-corrected chi connectivity index (χ1v) is 16.2. The molecule has 1 atom stereocenters. The van der Waals surface area contributed by atoms with Crippen molar-refractivity contribution in [3.63, 3.8) is 0 Å². The molecule has 1 aliphatic rings. The van der Waals surface area contributed by atoms with E-state index in [2.05, 4.69) is 10.0 Å². The van der Waals surface area contributed by atoms with Crippen LogP contribution in [0.3, 0.4) is 0 Å². The number of sulfonamides is 2. The summed E-state index contributed by atoms with van der Waals surface area (Å²) in [5.41, 5.74) is 3.83. The molecule has 1 saturated heterocycles. The van der Waals surface area contributed by atoms with E-state index in [1.165, 1.54) is 28.6 Å². The van der Waals surface area contributed by atoms with Gasteiger partial charge in [0, 0.05) is 18.8 Å². The van der Waals surface area contributed by atoms with Crippen molar-refractivity contribution in [1.82, 2.24) is 4.31 Å². The van der Waals surface area contributed by atoms with Crippen LogP contribution < -0.4 is 10.0 Å². The van der Waals surface area contributed by atoms with Gasteiger partial charge in [-0.1, -0.05) is 42.5 Å². The maximum absolute atomic E-state index is 13.0. The van der Waals surface area contributed by atoms with Crippen LogP contribution in [0.2, 0.25) is 0 Å². The molecule has 4 rings (SSSR count). The molecule has 1 heterocycles. The number of benzene rings is 3. The van der Waals surface area contributed by atoms with Gasteiger partial charge in [-0.25, -0.2) is 21.1 Å². The number of hydrogen-bond donors (Lipinski definition) is 2. The van der Waals surface area contributed by atoms with Crippen LogP contribution in [0.1, 0.15) is 36.0 Å². The predicted octanol–water partition coefficient (Wildman–Crippen LogP) is 4.72. The van der Waals surface area contributed by atoms with E-state index >= 15 is 0 Å². The average Bonchev–Trinajstić information content (AvgIpc) is 2.91. The summed E-state index contributed by atoms with van der Waals surface area (Å²) in [5.74, 6) is -0.706. The third kappa shape index (κ3) is 7.68. The Kier molecular flexibility index (Phi) is 9.09. The van der Waals surface area contributed by atoms with Crippen LogP contribution >= 0.6 is 0 Å². The lowest BCUT2D eigenvalue weighted by Crippen LogP contribution is -2.44. The van der Waals surface area contributed by atoms with E-state index < -0.39 is 26.0 Å². The Balaban J connectivity index is 1.33. The quantitative estimate of drug-likeness (QED) is 0.367. The Bertz CT molecular complexity index is 1510. The maximum atomic E-state index is 13.0. The summed E-state index contributed by atoms with van der Waals surface area (Å²) in [7, 11) is -7.27. The standard InChI is InChI=1S/C29H35N3O5S2/c1-22-12-13-23(2)28(20-22)31-39(36,37)27-16-14-26(15-17-27)30-29(33)25-11-6-18-32(21-25)38(34,35)19-7-10-24-8-4-3-5-9-24/h3-5,8-9,12-17,20,25,31H,6-7,10-11,18-19,21H2,1-2H3,(H,30,33). The fourth-order valence-corrected chi connectivity index (χ4v) is 7.36. The van der Waals surface area contributed by atoms with Crippen molar-refractivity contribution in [2.75, 3.05) is 28.9 Å². The molecule has 0 saturated carbocycles. The lowest BCUT2D eigenvalue weighted by Gasteiger charge is -2.31. The van der Waals surface area contributed by atoms with Crippen molar-refractivity contribution in [2.24, 2.45) is 5.92 Å². The fourth-order valence-electron chi connectivity index (χ4n) is 4.65.